The lowest BCUT2D eigenvalue weighted by Gasteiger charge is -2.29. The number of anilines is 2. The predicted octanol–water partition coefficient (Wildman–Crippen LogP) is 4.01. The van der Waals surface area contributed by atoms with Crippen LogP contribution in [-0.2, 0) is 17.8 Å². The second-order valence-corrected chi connectivity index (χ2v) is 7.38. The molecule has 3 aromatic carbocycles. The second-order valence-electron chi connectivity index (χ2n) is 7.38. The molecule has 0 bridgehead atoms. The highest BCUT2D eigenvalue weighted by atomic mass is 16.2. The Morgan fingerprint density at radius 2 is 1.60 bits per heavy atom. The van der Waals surface area contributed by atoms with Crippen molar-refractivity contribution in [3.05, 3.63) is 95.6 Å². The Labute approximate surface area is 176 Å². The number of fused-ring (bicyclic) bond motifs is 1. The van der Waals surface area contributed by atoms with Crippen LogP contribution in [-0.4, -0.2) is 24.9 Å². The second kappa shape index (κ2) is 9.27. The van der Waals surface area contributed by atoms with Gasteiger partial charge in [0.15, 0.2) is 0 Å². The molecule has 0 aliphatic carbocycles. The number of hydrogen-bond acceptors (Lipinski definition) is 3. The number of nitrogens with zero attached hydrogens (tertiary/aromatic N) is 1. The van der Waals surface area contributed by atoms with Gasteiger partial charge in [-0.3, -0.25) is 9.59 Å². The topological polar surface area (TPSA) is 61.4 Å². The van der Waals surface area contributed by atoms with E-state index in [2.05, 4.69) is 16.7 Å². The Balaban J connectivity index is 1.31. The lowest BCUT2D eigenvalue weighted by molar-refractivity contribution is -0.117. The Bertz CT molecular complexity index is 1020. The number of carbonyl (C=O) groups is 2. The van der Waals surface area contributed by atoms with E-state index in [1.165, 1.54) is 5.56 Å². The van der Waals surface area contributed by atoms with E-state index in [4.69, 9.17) is 0 Å². The van der Waals surface area contributed by atoms with Crippen LogP contribution in [0, 0.1) is 0 Å². The highest BCUT2D eigenvalue weighted by Crippen LogP contribution is 2.26. The van der Waals surface area contributed by atoms with Crippen molar-refractivity contribution in [3.8, 4) is 0 Å². The van der Waals surface area contributed by atoms with Gasteiger partial charge in [0.1, 0.15) is 0 Å². The molecule has 152 valence electrons. The number of rotatable bonds is 6. The van der Waals surface area contributed by atoms with Crippen LogP contribution in [0.1, 0.15) is 27.9 Å². The third-order valence-electron chi connectivity index (χ3n) is 5.30. The third kappa shape index (κ3) is 4.69. The van der Waals surface area contributed by atoms with Gasteiger partial charge in [-0.2, -0.15) is 0 Å². The molecule has 0 saturated carbocycles. The van der Waals surface area contributed by atoms with Crippen LogP contribution >= 0.6 is 0 Å². The first-order valence-electron chi connectivity index (χ1n) is 10.2. The van der Waals surface area contributed by atoms with E-state index in [1.54, 1.807) is 12.1 Å². The maximum atomic E-state index is 12.7. The molecule has 0 saturated heterocycles. The minimum absolute atomic E-state index is 0.0480. The molecule has 1 heterocycles. The predicted molar refractivity (Wildman–Crippen MR) is 120 cm³/mol. The summed E-state index contributed by atoms with van der Waals surface area (Å²) in [5.74, 6) is -0.0711. The smallest absolute Gasteiger partial charge is 0.251 e. The number of amides is 2. The van der Waals surface area contributed by atoms with Crippen molar-refractivity contribution in [2.45, 2.75) is 19.4 Å². The van der Waals surface area contributed by atoms with Crippen LogP contribution in [0.5, 0.6) is 0 Å². The van der Waals surface area contributed by atoms with E-state index in [-0.39, 0.29) is 18.4 Å². The molecular formula is C25H25N3O2. The monoisotopic (exact) mass is 399 g/mol. The fourth-order valence-corrected chi connectivity index (χ4v) is 3.69. The Morgan fingerprint density at radius 3 is 2.40 bits per heavy atom. The van der Waals surface area contributed by atoms with Crippen LogP contribution in [0.25, 0.3) is 0 Å². The summed E-state index contributed by atoms with van der Waals surface area (Å²) in [4.78, 5) is 26.9. The summed E-state index contributed by atoms with van der Waals surface area (Å²) in [7, 11) is 0. The Kier molecular flexibility index (Phi) is 6.09. The molecule has 0 fully saturated rings. The number of nitrogens with one attached hydrogen (secondary N) is 2. The third-order valence-corrected chi connectivity index (χ3v) is 5.30. The quantitative estimate of drug-likeness (QED) is 0.658. The first-order chi connectivity index (χ1) is 14.7. The van der Waals surface area contributed by atoms with Gasteiger partial charge in [0.05, 0.1) is 6.54 Å². The first-order valence-corrected chi connectivity index (χ1v) is 10.2. The zero-order valence-corrected chi connectivity index (χ0v) is 16.8. The fourth-order valence-electron chi connectivity index (χ4n) is 3.69. The molecule has 0 aromatic heterocycles. The lowest BCUT2D eigenvalue weighted by atomic mass is 10.0. The maximum absolute atomic E-state index is 12.7. The highest BCUT2D eigenvalue weighted by Gasteiger charge is 2.21. The number of carbonyl (C=O) groups excluding carboxylic acids is 2. The highest BCUT2D eigenvalue weighted by molar-refractivity contribution is 5.97. The molecule has 2 N–H and O–H groups in total. The molecule has 2 amide bonds. The minimum atomic E-state index is -0.119. The summed E-state index contributed by atoms with van der Waals surface area (Å²) in [5.41, 5.74) is 4.70. The largest absolute Gasteiger partial charge is 0.376 e. The van der Waals surface area contributed by atoms with E-state index >= 15 is 0 Å². The van der Waals surface area contributed by atoms with Gasteiger partial charge in [0, 0.05) is 30.0 Å². The van der Waals surface area contributed by atoms with Crippen molar-refractivity contribution < 1.29 is 9.59 Å². The molecule has 1 aliphatic heterocycles. The average Bonchev–Trinajstić information content (AvgIpc) is 2.81. The van der Waals surface area contributed by atoms with Crippen molar-refractivity contribution in [1.82, 2.24) is 5.32 Å². The van der Waals surface area contributed by atoms with Gasteiger partial charge in [-0.05, 0) is 54.3 Å². The van der Waals surface area contributed by atoms with Gasteiger partial charge >= 0.3 is 0 Å². The van der Waals surface area contributed by atoms with E-state index < -0.39 is 0 Å². The van der Waals surface area contributed by atoms with Crippen LogP contribution in [0.3, 0.4) is 0 Å². The fraction of sp³-hybridized carbons (Fsp3) is 0.200. The normalized spacial score (nSPS) is 12.7. The Hall–Kier alpha value is -3.60. The summed E-state index contributed by atoms with van der Waals surface area (Å²) < 4.78 is 0. The van der Waals surface area contributed by atoms with Gasteiger partial charge < -0.3 is 15.5 Å². The van der Waals surface area contributed by atoms with Crippen molar-refractivity contribution in [1.29, 1.82) is 0 Å². The molecule has 4 rings (SSSR count). The van der Waals surface area contributed by atoms with Crippen molar-refractivity contribution in [3.63, 3.8) is 0 Å². The molecule has 0 radical (unpaired) electrons. The van der Waals surface area contributed by atoms with E-state index in [0.717, 1.165) is 36.3 Å². The van der Waals surface area contributed by atoms with Crippen molar-refractivity contribution >= 4 is 23.2 Å². The van der Waals surface area contributed by atoms with Crippen molar-refractivity contribution in [2.24, 2.45) is 0 Å². The van der Waals surface area contributed by atoms with Gasteiger partial charge in [-0.25, -0.2) is 0 Å². The molecule has 3 aromatic rings. The van der Waals surface area contributed by atoms with E-state index in [0.29, 0.717) is 12.1 Å². The van der Waals surface area contributed by atoms with Crippen LogP contribution in [0.15, 0.2) is 78.9 Å². The van der Waals surface area contributed by atoms with Crippen LogP contribution in [0.4, 0.5) is 11.4 Å². The van der Waals surface area contributed by atoms with Crippen LogP contribution in [0.2, 0.25) is 0 Å². The standard InChI is InChI=1S/C25H25N3O2/c29-24(28-16-6-10-20-9-4-5-11-23(20)28)18-26-22-14-12-21(13-15-22)25(30)27-17-19-7-2-1-3-8-19/h1-5,7-9,11-15,26H,6,10,16-18H2,(H,27,30). The van der Waals surface area contributed by atoms with Gasteiger partial charge in [0.2, 0.25) is 5.91 Å². The molecule has 1 aliphatic rings. The van der Waals surface area contributed by atoms with Gasteiger partial charge in [0.25, 0.3) is 5.91 Å². The zero-order chi connectivity index (χ0) is 20.8. The first kappa shape index (κ1) is 19.7. The molecule has 5 nitrogen and oxygen atoms in total. The zero-order valence-electron chi connectivity index (χ0n) is 16.8. The molecule has 5 heteroatoms. The van der Waals surface area contributed by atoms with Gasteiger partial charge in [-0.15, -0.1) is 0 Å². The minimum Gasteiger partial charge on any atom is -0.376 e. The maximum Gasteiger partial charge on any atom is 0.251 e. The molecule has 0 unspecified atom stereocenters. The molecule has 0 atom stereocenters. The summed E-state index contributed by atoms with van der Waals surface area (Å²) in [6, 6.07) is 25.1. The summed E-state index contributed by atoms with van der Waals surface area (Å²) in [6.45, 7) is 1.46. The lowest BCUT2D eigenvalue weighted by Crippen LogP contribution is -2.39. The average molecular weight is 399 g/mol. The molecule has 30 heavy (non-hydrogen) atoms. The molecular weight excluding hydrogens is 374 g/mol. The SMILES string of the molecule is O=C(NCc1ccccc1)c1ccc(NCC(=O)N2CCCc3ccccc32)cc1. The number of para-hydroxylation sites is 1. The summed E-state index contributed by atoms with van der Waals surface area (Å²) >= 11 is 0. The molecule has 0 spiro atoms. The van der Waals surface area contributed by atoms with Crippen molar-refractivity contribution in [2.75, 3.05) is 23.3 Å². The summed E-state index contributed by atoms with van der Waals surface area (Å²) in [5, 5.41) is 6.09. The van der Waals surface area contributed by atoms with E-state index in [9.17, 15) is 9.59 Å². The van der Waals surface area contributed by atoms with Gasteiger partial charge in [-0.1, -0.05) is 48.5 Å². The number of benzene rings is 3. The number of aryl methyl sites for hydroxylation is 1. The number of hydrogen-bond donors (Lipinski definition) is 2. The Morgan fingerprint density at radius 1 is 0.867 bits per heavy atom. The summed E-state index contributed by atoms with van der Waals surface area (Å²) in [6.07, 6.45) is 2.00. The van der Waals surface area contributed by atoms with Crippen LogP contribution < -0.4 is 15.5 Å². The van der Waals surface area contributed by atoms with E-state index in [1.807, 2.05) is 65.6 Å².